The van der Waals surface area contributed by atoms with Gasteiger partial charge in [-0.3, -0.25) is 0 Å². The SMILES string of the molecule is CN(c1cccc(C(O)CCN)c1)C1CCC(F)(F)CC1. The molecular formula is C16H24F2N2O. The van der Waals surface area contributed by atoms with E-state index in [9.17, 15) is 13.9 Å². The lowest BCUT2D eigenvalue weighted by molar-refractivity contribution is -0.0377. The van der Waals surface area contributed by atoms with Crippen LogP contribution in [0.2, 0.25) is 0 Å². The molecule has 1 aliphatic carbocycles. The van der Waals surface area contributed by atoms with E-state index in [-0.39, 0.29) is 18.9 Å². The Hall–Kier alpha value is -1.20. The summed E-state index contributed by atoms with van der Waals surface area (Å²) in [6, 6.07) is 7.76. The highest BCUT2D eigenvalue weighted by atomic mass is 19.3. The van der Waals surface area contributed by atoms with Gasteiger partial charge in [0.05, 0.1) is 6.10 Å². The minimum absolute atomic E-state index is 0.0442. The van der Waals surface area contributed by atoms with E-state index in [2.05, 4.69) is 0 Å². The van der Waals surface area contributed by atoms with Gasteiger partial charge in [-0.05, 0) is 43.5 Å². The van der Waals surface area contributed by atoms with E-state index < -0.39 is 12.0 Å². The van der Waals surface area contributed by atoms with Gasteiger partial charge in [0.2, 0.25) is 5.92 Å². The summed E-state index contributed by atoms with van der Waals surface area (Å²) in [6.45, 7) is 0.430. The molecule has 1 aromatic rings. The zero-order valence-electron chi connectivity index (χ0n) is 12.4. The first-order valence-corrected chi connectivity index (χ1v) is 7.52. The monoisotopic (exact) mass is 298 g/mol. The number of alkyl halides is 2. The second kappa shape index (κ2) is 6.71. The van der Waals surface area contributed by atoms with Gasteiger partial charge in [0.1, 0.15) is 0 Å². The van der Waals surface area contributed by atoms with E-state index >= 15 is 0 Å². The third kappa shape index (κ3) is 4.14. The van der Waals surface area contributed by atoms with E-state index in [1.165, 1.54) is 0 Å². The fourth-order valence-corrected chi connectivity index (χ4v) is 2.90. The van der Waals surface area contributed by atoms with Crippen molar-refractivity contribution in [3.8, 4) is 0 Å². The van der Waals surface area contributed by atoms with Crippen LogP contribution in [0.3, 0.4) is 0 Å². The van der Waals surface area contributed by atoms with Crippen molar-refractivity contribution >= 4 is 5.69 Å². The van der Waals surface area contributed by atoms with Crippen LogP contribution in [-0.4, -0.2) is 30.7 Å². The van der Waals surface area contributed by atoms with Gasteiger partial charge in [0, 0.05) is 31.6 Å². The highest BCUT2D eigenvalue weighted by molar-refractivity contribution is 5.49. The predicted octanol–water partition coefficient (Wildman–Crippen LogP) is 3.08. The van der Waals surface area contributed by atoms with Gasteiger partial charge in [0.15, 0.2) is 0 Å². The number of anilines is 1. The maximum Gasteiger partial charge on any atom is 0.248 e. The molecule has 118 valence electrons. The Morgan fingerprint density at radius 2 is 2.05 bits per heavy atom. The lowest BCUT2D eigenvalue weighted by atomic mass is 9.91. The summed E-state index contributed by atoms with van der Waals surface area (Å²) in [5.74, 6) is -2.50. The van der Waals surface area contributed by atoms with Crippen molar-refractivity contribution in [2.75, 3.05) is 18.5 Å². The molecule has 0 radical (unpaired) electrons. The normalized spacial score (nSPS) is 20.2. The van der Waals surface area contributed by atoms with Gasteiger partial charge < -0.3 is 15.7 Å². The number of hydrogen-bond donors (Lipinski definition) is 2. The van der Waals surface area contributed by atoms with Crippen LogP contribution < -0.4 is 10.6 Å². The van der Waals surface area contributed by atoms with Crippen LogP contribution in [0.25, 0.3) is 0 Å². The summed E-state index contributed by atoms with van der Waals surface area (Å²) >= 11 is 0. The average Bonchev–Trinajstić information content (AvgIpc) is 2.47. The molecule has 1 saturated carbocycles. The zero-order valence-corrected chi connectivity index (χ0v) is 12.4. The molecule has 0 bridgehead atoms. The molecule has 1 aliphatic rings. The Morgan fingerprint density at radius 3 is 2.67 bits per heavy atom. The number of nitrogens with zero attached hydrogens (tertiary/aromatic N) is 1. The molecule has 0 spiro atoms. The molecule has 2 rings (SSSR count). The summed E-state index contributed by atoms with van der Waals surface area (Å²) in [6.07, 6.45) is 0.856. The Balaban J connectivity index is 2.06. The second-order valence-electron chi connectivity index (χ2n) is 5.89. The van der Waals surface area contributed by atoms with Crippen LogP contribution >= 0.6 is 0 Å². The molecule has 3 N–H and O–H groups in total. The van der Waals surface area contributed by atoms with E-state index in [0.29, 0.717) is 25.8 Å². The average molecular weight is 298 g/mol. The predicted molar refractivity (Wildman–Crippen MR) is 80.7 cm³/mol. The number of halogens is 2. The molecule has 1 aromatic carbocycles. The number of hydrogen-bond acceptors (Lipinski definition) is 3. The van der Waals surface area contributed by atoms with Gasteiger partial charge >= 0.3 is 0 Å². The maximum absolute atomic E-state index is 13.2. The molecule has 0 heterocycles. The molecule has 21 heavy (non-hydrogen) atoms. The van der Waals surface area contributed by atoms with Crippen LogP contribution in [0.5, 0.6) is 0 Å². The summed E-state index contributed by atoms with van der Waals surface area (Å²) in [5, 5.41) is 10.0. The Morgan fingerprint density at radius 1 is 1.38 bits per heavy atom. The Labute approximate surface area is 124 Å². The number of rotatable bonds is 5. The zero-order chi connectivity index (χ0) is 15.5. The Kier molecular flexibility index (Phi) is 5.17. The molecule has 5 heteroatoms. The quantitative estimate of drug-likeness (QED) is 0.878. The standard InChI is InChI=1S/C16H24F2N2O/c1-20(13-5-8-16(17,18)9-6-13)14-4-2-3-12(11-14)15(21)7-10-19/h2-4,11,13,15,21H,5-10,19H2,1H3. The largest absolute Gasteiger partial charge is 0.388 e. The fraction of sp³-hybridized carbons (Fsp3) is 0.625. The third-order valence-corrected chi connectivity index (χ3v) is 4.34. The van der Waals surface area contributed by atoms with Crippen LogP contribution in [0.1, 0.15) is 43.8 Å². The smallest absolute Gasteiger partial charge is 0.248 e. The van der Waals surface area contributed by atoms with Gasteiger partial charge in [-0.2, -0.15) is 0 Å². The number of benzene rings is 1. The maximum atomic E-state index is 13.2. The van der Waals surface area contributed by atoms with Crippen molar-refractivity contribution in [3.05, 3.63) is 29.8 Å². The van der Waals surface area contributed by atoms with E-state index in [0.717, 1.165) is 11.3 Å². The summed E-state index contributed by atoms with van der Waals surface area (Å²) in [7, 11) is 1.93. The molecule has 0 aromatic heterocycles. The lowest BCUT2D eigenvalue weighted by Crippen LogP contribution is -2.38. The van der Waals surface area contributed by atoms with E-state index in [1.54, 1.807) is 0 Å². The van der Waals surface area contributed by atoms with Crippen molar-refractivity contribution in [1.29, 1.82) is 0 Å². The summed E-state index contributed by atoms with van der Waals surface area (Å²) < 4.78 is 26.5. The van der Waals surface area contributed by atoms with Crippen LogP contribution in [0.15, 0.2) is 24.3 Å². The van der Waals surface area contributed by atoms with Crippen molar-refractivity contribution in [2.45, 2.75) is 50.2 Å². The first-order chi connectivity index (χ1) is 9.93. The minimum atomic E-state index is -2.50. The molecule has 1 atom stereocenters. The summed E-state index contributed by atoms with van der Waals surface area (Å²) in [4.78, 5) is 2.05. The highest BCUT2D eigenvalue weighted by Crippen LogP contribution is 2.36. The number of nitrogens with two attached hydrogens (primary N) is 1. The molecular weight excluding hydrogens is 274 g/mol. The van der Waals surface area contributed by atoms with Crippen LogP contribution in [-0.2, 0) is 0 Å². The minimum Gasteiger partial charge on any atom is -0.388 e. The molecule has 1 unspecified atom stereocenters. The molecule has 0 saturated heterocycles. The van der Waals surface area contributed by atoms with Crippen molar-refractivity contribution in [2.24, 2.45) is 5.73 Å². The van der Waals surface area contributed by atoms with E-state index in [1.807, 2.05) is 36.2 Å². The molecule has 3 nitrogen and oxygen atoms in total. The van der Waals surface area contributed by atoms with Gasteiger partial charge in [-0.15, -0.1) is 0 Å². The van der Waals surface area contributed by atoms with Gasteiger partial charge in [-0.25, -0.2) is 8.78 Å². The highest BCUT2D eigenvalue weighted by Gasteiger charge is 2.36. The van der Waals surface area contributed by atoms with Crippen molar-refractivity contribution in [3.63, 3.8) is 0 Å². The van der Waals surface area contributed by atoms with Gasteiger partial charge in [0.25, 0.3) is 0 Å². The van der Waals surface area contributed by atoms with Crippen molar-refractivity contribution < 1.29 is 13.9 Å². The van der Waals surface area contributed by atoms with Gasteiger partial charge in [-0.1, -0.05) is 12.1 Å². The third-order valence-electron chi connectivity index (χ3n) is 4.34. The number of aliphatic hydroxyl groups is 1. The lowest BCUT2D eigenvalue weighted by Gasteiger charge is -2.36. The number of aliphatic hydroxyl groups excluding tert-OH is 1. The van der Waals surface area contributed by atoms with Crippen LogP contribution in [0.4, 0.5) is 14.5 Å². The second-order valence-corrected chi connectivity index (χ2v) is 5.89. The fourth-order valence-electron chi connectivity index (χ4n) is 2.90. The first kappa shape index (κ1) is 16.2. The van der Waals surface area contributed by atoms with Crippen LogP contribution in [0, 0.1) is 0 Å². The van der Waals surface area contributed by atoms with E-state index in [4.69, 9.17) is 5.73 Å². The topological polar surface area (TPSA) is 49.5 Å². The molecule has 0 amide bonds. The molecule has 0 aliphatic heterocycles. The Bertz CT molecular complexity index is 457. The summed E-state index contributed by atoms with van der Waals surface area (Å²) in [5.41, 5.74) is 7.25. The van der Waals surface area contributed by atoms with Crippen molar-refractivity contribution in [1.82, 2.24) is 0 Å². The first-order valence-electron chi connectivity index (χ1n) is 7.52. The molecule has 1 fully saturated rings.